The smallest absolute Gasteiger partial charge is 0.419 e. The van der Waals surface area contributed by atoms with Crippen molar-refractivity contribution in [3.8, 4) is 23.1 Å². The second kappa shape index (κ2) is 7.40. The van der Waals surface area contributed by atoms with Crippen molar-refractivity contribution in [1.82, 2.24) is 14.8 Å². The molecule has 3 aromatic rings. The van der Waals surface area contributed by atoms with Gasteiger partial charge in [0.1, 0.15) is 11.5 Å². The predicted molar refractivity (Wildman–Crippen MR) is 97.4 cm³/mol. The van der Waals surface area contributed by atoms with Crippen LogP contribution in [0.3, 0.4) is 0 Å². The molecule has 1 aliphatic heterocycles. The first-order valence-electron chi connectivity index (χ1n) is 8.92. The van der Waals surface area contributed by atoms with Crippen LogP contribution in [0, 0.1) is 0 Å². The minimum absolute atomic E-state index is 0.0551. The molecule has 1 atom stereocenters. The lowest BCUT2D eigenvalue weighted by molar-refractivity contribution is -0.138. The van der Waals surface area contributed by atoms with Gasteiger partial charge in [-0.05, 0) is 31.2 Å². The zero-order chi connectivity index (χ0) is 20.6. The highest BCUT2D eigenvalue weighted by Crippen LogP contribution is 2.39. The summed E-state index contributed by atoms with van der Waals surface area (Å²) in [6, 6.07) is 7.16. The lowest BCUT2D eigenvalue weighted by Crippen LogP contribution is -2.21. The Labute approximate surface area is 164 Å². The van der Waals surface area contributed by atoms with Gasteiger partial charge in [-0.2, -0.15) is 13.2 Å². The van der Waals surface area contributed by atoms with E-state index >= 15 is 0 Å². The van der Waals surface area contributed by atoms with E-state index in [9.17, 15) is 13.2 Å². The Morgan fingerprint density at radius 3 is 2.76 bits per heavy atom. The molecular formula is C20H18F3N3O3. The third kappa shape index (κ3) is 3.77. The van der Waals surface area contributed by atoms with Crippen molar-refractivity contribution in [2.45, 2.75) is 32.2 Å². The lowest BCUT2D eigenvalue weighted by atomic mass is 10.1. The Balaban J connectivity index is 1.79. The third-order valence-electron chi connectivity index (χ3n) is 4.63. The van der Waals surface area contributed by atoms with E-state index < -0.39 is 11.7 Å². The summed E-state index contributed by atoms with van der Waals surface area (Å²) in [4.78, 5) is 4.01. The second-order valence-corrected chi connectivity index (χ2v) is 6.64. The maximum absolute atomic E-state index is 13.2. The summed E-state index contributed by atoms with van der Waals surface area (Å²) >= 11 is 0. The van der Waals surface area contributed by atoms with Crippen molar-refractivity contribution in [2.75, 3.05) is 7.11 Å². The first-order chi connectivity index (χ1) is 13.9. The number of hydrogen-bond donors (Lipinski definition) is 0. The zero-order valence-corrected chi connectivity index (χ0v) is 15.7. The van der Waals surface area contributed by atoms with Gasteiger partial charge in [-0.15, -0.1) is 5.10 Å². The number of pyridine rings is 1. The topological polar surface area (TPSA) is 58.4 Å². The third-order valence-corrected chi connectivity index (χ3v) is 4.63. The summed E-state index contributed by atoms with van der Waals surface area (Å²) < 4.78 is 57.7. The van der Waals surface area contributed by atoms with Gasteiger partial charge in [0.25, 0.3) is 0 Å². The Hall–Kier alpha value is -3.07. The van der Waals surface area contributed by atoms with E-state index in [0.717, 1.165) is 17.3 Å². The molecule has 0 amide bonds. The van der Waals surface area contributed by atoms with Crippen molar-refractivity contribution >= 4 is 0 Å². The molecular weight excluding hydrogens is 387 g/mol. The molecule has 0 spiro atoms. The van der Waals surface area contributed by atoms with Crippen LogP contribution in [0.4, 0.5) is 13.2 Å². The van der Waals surface area contributed by atoms with Crippen LogP contribution in [0.25, 0.3) is 5.69 Å². The van der Waals surface area contributed by atoms with Crippen LogP contribution in [-0.4, -0.2) is 28.0 Å². The standard InChI is InChI=1S/C20H18F3N3O3/c1-12-8-17-15(11-28-12)19(29-14-4-3-7-24-10-14)25-26(17)13-5-6-16(20(21,22)23)18(9-13)27-2/h3-7,9-10,12H,8,11H2,1-2H3/t12-/m0/s1. The molecule has 0 fully saturated rings. The molecule has 1 aliphatic rings. The average molecular weight is 405 g/mol. The molecule has 2 aromatic heterocycles. The fourth-order valence-electron chi connectivity index (χ4n) is 3.23. The van der Waals surface area contributed by atoms with Gasteiger partial charge in [-0.1, -0.05) is 0 Å². The van der Waals surface area contributed by atoms with Gasteiger partial charge < -0.3 is 14.2 Å². The van der Waals surface area contributed by atoms with Gasteiger partial charge in [0.05, 0.1) is 48.5 Å². The fraction of sp³-hybridized carbons (Fsp3) is 0.300. The summed E-state index contributed by atoms with van der Waals surface area (Å²) in [5, 5.41) is 4.51. The molecule has 0 bridgehead atoms. The number of alkyl halides is 3. The van der Waals surface area contributed by atoms with E-state index in [4.69, 9.17) is 14.2 Å². The molecule has 4 rings (SSSR count). The van der Waals surface area contributed by atoms with Crippen molar-refractivity contribution in [2.24, 2.45) is 0 Å². The molecule has 29 heavy (non-hydrogen) atoms. The van der Waals surface area contributed by atoms with Crippen molar-refractivity contribution in [1.29, 1.82) is 0 Å². The molecule has 0 radical (unpaired) electrons. The minimum atomic E-state index is -4.51. The molecule has 0 unspecified atom stereocenters. The summed E-state index contributed by atoms with van der Waals surface area (Å²) in [7, 11) is 1.21. The van der Waals surface area contributed by atoms with Crippen LogP contribution < -0.4 is 9.47 Å². The molecule has 0 N–H and O–H groups in total. The summed E-state index contributed by atoms with van der Waals surface area (Å²) in [6.45, 7) is 2.22. The number of fused-ring (bicyclic) bond motifs is 1. The van der Waals surface area contributed by atoms with E-state index in [2.05, 4.69) is 10.1 Å². The van der Waals surface area contributed by atoms with Gasteiger partial charge in [-0.3, -0.25) is 4.98 Å². The highest BCUT2D eigenvalue weighted by molar-refractivity contribution is 5.49. The first-order valence-corrected chi connectivity index (χ1v) is 8.92. The Bertz CT molecular complexity index is 1020. The largest absolute Gasteiger partial charge is 0.496 e. The maximum Gasteiger partial charge on any atom is 0.419 e. The molecule has 0 saturated carbocycles. The van der Waals surface area contributed by atoms with Gasteiger partial charge in [0.2, 0.25) is 5.88 Å². The van der Waals surface area contributed by atoms with Crippen LogP contribution in [-0.2, 0) is 23.9 Å². The van der Waals surface area contributed by atoms with E-state index in [1.54, 1.807) is 29.2 Å². The molecule has 0 aliphatic carbocycles. The molecule has 9 heteroatoms. The monoisotopic (exact) mass is 405 g/mol. The van der Waals surface area contributed by atoms with Gasteiger partial charge in [0.15, 0.2) is 0 Å². The fourth-order valence-corrected chi connectivity index (χ4v) is 3.23. The number of nitrogens with zero attached hydrogens (tertiary/aromatic N) is 3. The number of halogens is 3. The van der Waals surface area contributed by atoms with Gasteiger partial charge >= 0.3 is 6.18 Å². The highest BCUT2D eigenvalue weighted by Gasteiger charge is 2.35. The van der Waals surface area contributed by atoms with E-state index in [0.29, 0.717) is 30.3 Å². The number of methoxy groups -OCH3 is 1. The quantitative estimate of drug-likeness (QED) is 0.638. The van der Waals surface area contributed by atoms with Crippen molar-refractivity contribution < 1.29 is 27.4 Å². The van der Waals surface area contributed by atoms with Crippen LogP contribution in [0.5, 0.6) is 17.4 Å². The number of rotatable bonds is 4. The van der Waals surface area contributed by atoms with E-state index in [1.807, 2.05) is 6.92 Å². The van der Waals surface area contributed by atoms with E-state index in [-0.39, 0.29) is 11.9 Å². The van der Waals surface area contributed by atoms with Gasteiger partial charge in [0, 0.05) is 18.7 Å². The van der Waals surface area contributed by atoms with Crippen LogP contribution in [0.15, 0.2) is 42.7 Å². The number of hydrogen-bond acceptors (Lipinski definition) is 5. The van der Waals surface area contributed by atoms with Crippen LogP contribution >= 0.6 is 0 Å². The zero-order valence-electron chi connectivity index (χ0n) is 15.7. The lowest BCUT2D eigenvalue weighted by Gasteiger charge is -2.21. The molecule has 152 valence electrons. The predicted octanol–water partition coefficient (Wildman–Crippen LogP) is 4.55. The molecule has 3 heterocycles. The Morgan fingerprint density at radius 1 is 1.24 bits per heavy atom. The Kier molecular flexibility index (Phi) is 4.91. The summed E-state index contributed by atoms with van der Waals surface area (Å²) in [6.07, 6.45) is -0.841. The van der Waals surface area contributed by atoms with Crippen molar-refractivity contribution in [3.05, 3.63) is 59.5 Å². The van der Waals surface area contributed by atoms with Crippen molar-refractivity contribution in [3.63, 3.8) is 0 Å². The number of aromatic nitrogens is 3. The SMILES string of the molecule is COc1cc(-n2nc(Oc3cccnc3)c3c2C[C@H](C)OC3)ccc1C(F)(F)F. The molecule has 0 saturated heterocycles. The van der Waals surface area contributed by atoms with Crippen LogP contribution in [0.1, 0.15) is 23.7 Å². The van der Waals surface area contributed by atoms with E-state index in [1.165, 1.54) is 19.2 Å². The summed E-state index contributed by atoms with van der Waals surface area (Å²) in [5.74, 6) is 0.566. The molecule has 6 nitrogen and oxygen atoms in total. The first kappa shape index (κ1) is 19.3. The Morgan fingerprint density at radius 2 is 2.07 bits per heavy atom. The normalized spacial score (nSPS) is 16.4. The average Bonchev–Trinajstić information content (AvgIpc) is 3.05. The minimum Gasteiger partial charge on any atom is -0.496 e. The van der Waals surface area contributed by atoms with Gasteiger partial charge in [-0.25, -0.2) is 4.68 Å². The van der Waals surface area contributed by atoms with Crippen LogP contribution in [0.2, 0.25) is 0 Å². The summed E-state index contributed by atoms with van der Waals surface area (Å²) in [5.41, 5.74) is 1.19. The number of ether oxygens (including phenoxy) is 3. The molecule has 1 aromatic carbocycles. The highest BCUT2D eigenvalue weighted by atomic mass is 19.4. The second-order valence-electron chi connectivity index (χ2n) is 6.64. The maximum atomic E-state index is 13.2. The number of benzene rings is 1.